The lowest BCUT2D eigenvalue weighted by Crippen LogP contribution is -2.26. The summed E-state index contributed by atoms with van der Waals surface area (Å²) in [5.41, 5.74) is 8.28. The number of rotatable bonds is 4. The van der Waals surface area contributed by atoms with Crippen LogP contribution in [0.1, 0.15) is 0 Å². The van der Waals surface area contributed by atoms with E-state index in [-0.39, 0.29) is 0 Å². The van der Waals surface area contributed by atoms with Gasteiger partial charge in [-0.15, -0.1) is 0 Å². The predicted molar refractivity (Wildman–Crippen MR) is 170 cm³/mol. The molecule has 0 aliphatic carbocycles. The quantitative estimate of drug-likeness (QED) is 0.218. The van der Waals surface area contributed by atoms with E-state index in [9.17, 15) is 0 Å². The van der Waals surface area contributed by atoms with Crippen LogP contribution in [0, 0.1) is 0 Å². The van der Waals surface area contributed by atoms with Crippen LogP contribution in [0.15, 0.2) is 134 Å². The van der Waals surface area contributed by atoms with Gasteiger partial charge in [0.1, 0.15) is 29.8 Å². The number of aromatic nitrogens is 5. The molecule has 0 bridgehead atoms. The minimum absolute atomic E-state index is 0.647. The van der Waals surface area contributed by atoms with Crippen molar-refractivity contribution in [3.8, 4) is 28.7 Å². The molecule has 9 rings (SSSR count). The smallest absolute Gasteiger partial charge is 0.147 e. The van der Waals surface area contributed by atoms with Crippen molar-refractivity contribution in [2.24, 2.45) is 0 Å². The SMILES string of the molecule is c1ccc(-n2c3ccccc3c3ncc(Oc4cccc(N5Cn6c(nc7ccccc76)-c6ccccc65)c4)cc32)nc1. The minimum atomic E-state index is 0.647. The van der Waals surface area contributed by atoms with Gasteiger partial charge >= 0.3 is 0 Å². The Hall–Kier alpha value is -5.95. The van der Waals surface area contributed by atoms with Crippen molar-refractivity contribution in [2.75, 3.05) is 4.90 Å². The molecule has 4 aromatic heterocycles. The summed E-state index contributed by atoms with van der Waals surface area (Å²) in [7, 11) is 0. The molecule has 0 saturated heterocycles. The Morgan fingerprint density at radius 1 is 0.651 bits per heavy atom. The lowest BCUT2D eigenvalue weighted by atomic mass is 10.1. The molecule has 0 unspecified atom stereocenters. The standard InChI is InChI=1S/C36H24N6O/c1-5-16-31-27(12-1)35-33(42(31)34-18-7-8-19-37-34)21-26(22-38-35)43-25-11-9-10-24(20-25)40-23-41-32-17-6-3-14-29(32)39-36(41)28-13-2-4-15-30(28)40/h1-22H,23H2. The van der Waals surface area contributed by atoms with Crippen LogP contribution in [-0.4, -0.2) is 24.1 Å². The van der Waals surface area contributed by atoms with Crippen LogP contribution in [0.25, 0.3) is 50.2 Å². The van der Waals surface area contributed by atoms with Gasteiger partial charge in [-0.25, -0.2) is 9.97 Å². The van der Waals surface area contributed by atoms with Gasteiger partial charge in [0, 0.05) is 35.0 Å². The maximum absolute atomic E-state index is 6.48. The summed E-state index contributed by atoms with van der Waals surface area (Å²) in [5.74, 6) is 3.22. The van der Waals surface area contributed by atoms with Gasteiger partial charge in [-0.05, 0) is 54.6 Å². The highest BCUT2D eigenvalue weighted by Gasteiger charge is 2.26. The van der Waals surface area contributed by atoms with Crippen LogP contribution >= 0.6 is 0 Å². The number of anilines is 2. The third-order valence-corrected chi connectivity index (χ3v) is 8.10. The van der Waals surface area contributed by atoms with E-state index in [0.29, 0.717) is 12.4 Å². The Morgan fingerprint density at radius 2 is 1.49 bits per heavy atom. The first kappa shape index (κ1) is 23.7. The Labute approximate surface area is 246 Å². The molecule has 0 spiro atoms. The molecule has 1 aliphatic rings. The van der Waals surface area contributed by atoms with E-state index >= 15 is 0 Å². The summed E-state index contributed by atoms with van der Waals surface area (Å²) in [6.45, 7) is 0.647. The number of pyridine rings is 2. The fraction of sp³-hybridized carbons (Fsp3) is 0.0278. The number of para-hydroxylation sites is 4. The van der Waals surface area contributed by atoms with Crippen LogP contribution < -0.4 is 9.64 Å². The number of fused-ring (bicyclic) bond motifs is 8. The highest BCUT2D eigenvalue weighted by molar-refractivity contribution is 6.07. The van der Waals surface area contributed by atoms with E-state index < -0.39 is 0 Å². The molecule has 204 valence electrons. The highest BCUT2D eigenvalue weighted by Crippen LogP contribution is 2.42. The van der Waals surface area contributed by atoms with Crippen molar-refractivity contribution in [3.05, 3.63) is 134 Å². The fourth-order valence-corrected chi connectivity index (χ4v) is 6.21. The van der Waals surface area contributed by atoms with Crippen molar-refractivity contribution in [1.29, 1.82) is 0 Å². The Morgan fingerprint density at radius 3 is 2.42 bits per heavy atom. The average Bonchev–Trinajstić information content (AvgIpc) is 3.60. The topological polar surface area (TPSA) is 61.0 Å². The first-order chi connectivity index (χ1) is 21.3. The monoisotopic (exact) mass is 556 g/mol. The van der Waals surface area contributed by atoms with Gasteiger partial charge in [-0.2, -0.15) is 0 Å². The van der Waals surface area contributed by atoms with Crippen LogP contribution in [0.5, 0.6) is 11.5 Å². The Kier molecular flexibility index (Phi) is 5.13. The van der Waals surface area contributed by atoms with E-state index in [1.165, 1.54) is 0 Å². The second kappa shape index (κ2) is 9.29. The van der Waals surface area contributed by atoms with Crippen molar-refractivity contribution in [1.82, 2.24) is 24.1 Å². The number of ether oxygens (including phenoxy) is 1. The number of imidazole rings is 1. The zero-order chi connectivity index (χ0) is 28.3. The zero-order valence-corrected chi connectivity index (χ0v) is 23.0. The largest absolute Gasteiger partial charge is 0.456 e. The van der Waals surface area contributed by atoms with E-state index in [1.54, 1.807) is 6.20 Å². The molecule has 0 saturated carbocycles. The van der Waals surface area contributed by atoms with Crippen molar-refractivity contribution in [3.63, 3.8) is 0 Å². The van der Waals surface area contributed by atoms with Crippen LogP contribution in [0.3, 0.4) is 0 Å². The number of hydrogen-bond donors (Lipinski definition) is 0. The molecular formula is C36H24N6O. The molecule has 1 aliphatic heterocycles. The minimum Gasteiger partial charge on any atom is -0.456 e. The van der Waals surface area contributed by atoms with E-state index in [0.717, 1.165) is 67.3 Å². The lowest BCUT2D eigenvalue weighted by Gasteiger charge is -2.32. The van der Waals surface area contributed by atoms with E-state index in [4.69, 9.17) is 14.7 Å². The molecule has 0 N–H and O–H groups in total. The molecule has 4 aromatic carbocycles. The van der Waals surface area contributed by atoms with E-state index in [1.807, 2.05) is 60.8 Å². The number of benzene rings is 4. The summed E-state index contributed by atoms with van der Waals surface area (Å²) in [6, 6.07) is 41.2. The third-order valence-electron chi connectivity index (χ3n) is 8.10. The molecule has 7 nitrogen and oxygen atoms in total. The van der Waals surface area contributed by atoms with Gasteiger partial charge < -0.3 is 14.2 Å². The Balaban J connectivity index is 1.12. The van der Waals surface area contributed by atoms with Crippen molar-refractivity contribution >= 4 is 44.3 Å². The summed E-state index contributed by atoms with van der Waals surface area (Å²) in [4.78, 5) is 16.8. The fourth-order valence-electron chi connectivity index (χ4n) is 6.21. The zero-order valence-electron chi connectivity index (χ0n) is 23.0. The third kappa shape index (κ3) is 3.72. The summed E-state index contributed by atoms with van der Waals surface area (Å²) < 4.78 is 10.9. The molecule has 7 heteroatoms. The number of nitrogens with zero attached hydrogens (tertiary/aromatic N) is 6. The van der Waals surface area contributed by atoms with E-state index in [2.05, 4.69) is 85.7 Å². The normalized spacial score (nSPS) is 12.5. The van der Waals surface area contributed by atoms with Gasteiger partial charge in [-0.3, -0.25) is 9.55 Å². The van der Waals surface area contributed by atoms with Crippen LogP contribution in [0.2, 0.25) is 0 Å². The average molecular weight is 557 g/mol. The summed E-state index contributed by atoms with van der Waals surface area (Å²) in [6.07, 6.45) is 3.60. The first-order valence-corrected chi connectivity index (χ1v) is 14.2. The van der Waals surface area contributed by atoms with Gasteiger partial charge in [-0.1, -0.05) is 54.6 Å². The molecule has 0 fully saturated rings. The van der Waals surface area contributed by atoms with Gasteiger partial charge in [0.25, 0.3) is 0 Å². The summed E-state index contributed by atoms with van der Waals surface area (Å²) >= 11 is 0. The van der Waals surface area contributed by atoms with Gasteiger partial charge in [0.05, 0.1) is 39.5 Å². The number of hydrogen-bond acceptors (Lipinski definition) is 5. The molecule has 0 radical (unpaired) electrons. The molecule has 0 atom stereocenters. The van der Waals surface area contributed by atoms with Crippen LogP contribution in [0.4, 0.5) is 11.4 Å². The van der Waals surface area contributed by atoms with Gasteiger partial charge in [0.2, 0.25) is 0 Å². The maximum atomic E-state index is 6.48. The predicted octanol–water partition coefficient (Wildman–Crippen LogP) is 8.49. The molecule has 0 amide bonds. The lowest BCUT2D eigenvalue weighted by molar-refractivity contribution is 0.481. The molecule has 5 heterocycles. The van der Waals surface area contributed by atoms with Crippen molar-refractivity contribution < 1.29 is 4.74 Å². The Bertz CT molecular complexity index is 2320. The second-order valence-electron chi connectivity index (χ2n) is 10.6. The highest BCUT2D eigenvalue weighted by atomic mass is 16.5. The van der Waals surface area contributed by atoms with Crippen molar-refractivity contribution in [2.45, 2.75) is 6.67 Å². The first-order valence-electron chi connectivity index (χ1n) is 14.2. The maximum Gasteiger partial charge on any atom is 0.147 e. The molecule has 8 aromatic rings. The molecule has 43 heavy (non-hydrogen) atoms. The molecular weight excluding hydrogens is 532 g/mol. The second-order valence-corrected chi connectivity index (χ2v) is 10.6. The van der Waals surface area contributed by atoms with Crippen LogP contribution in [-0.2, 0) is 6.67 Å². The van der Waals surface area contributed by atoms with Gasteiger partial charge in [0.15, 0.2) is 0 Å². The summed E-state index contributed by atoms with van der Waals surface area (Å²) in [5, 5.41) is 1.08.